The van der Waals surface area contributed by atoms with Crippen LogP contribution in [0.15, 0.2) is 47.9 Å². The standard InChI is InChI=1S/C17H18FNOS/c18-15-5-3-13(4-6-15)16(20)12-19-9-7-14(8-10-19)17-2-1-11-21-17/h1-7,11,16,20H,8-10,12H2. The summed E-state index contributed by atoms with van der Waals surface area (Å²) in [7, 11) is 0. The van der Waals surface area contributed by atoms with Crippen molar-refractivity contribution in [2.24, 2.45) is 0 Å². The second kappa shape index (κ2) is 6.52. The van der Waals surface area contributed by atoms with Crippen molar-refractivity contribution < 1.29 is 9.50 Å². The second-order valence-electron chi connectivity index (χ2n) is 5.28. The Balaban J connectivity index is 1.59. The van der Waals surface area contributed by atoms with Gasteiger partial charge in [0.25, 0.3) is 0 Å². The zero-order chi connectivity index (χ0) is 14.7. The van der Waals surface area contributed by atoms with Gasteiger partial charge >= 0.3 is 0 Å². The molecule has 0 fully saturated rings. The molecule has 1 aromatic carbocycles. The number of hydrogen-bond donors (Lipinski definition) is 1. The third-order valence-electron chi connectivity index (χ3n) is 3.82. The van der Waals surface area contributed by atoms with E-state index in [1.165, 1.54) is 22.6 Å². The third-order valence-corrected chi connectivity index (χ3v) is 4.76. The highest BCUT2D eigenvalue weighted by Crippen LogP contribution is 2.26. The Hall–Kier alpha value is -1.49. The van der Waals surface area contributed by atoms with Crippen molar-refractivity contribution in [3.63, 3.8) is 0 Å². The highest BCUT2D eigenvalue weighted by molar-refractivity contribution is 7.11. The molecule has 2 nitrogen and oxygen atoms in total. The Kier molecular flexibility index (Phi) is 4.48. The van der Waals surface area contributed by atoms with Gasteiger partial charge in [0, 0.05) is 24.5 Å². The number of benzene rings is 1. The fourth-order valence-electron chi connectivity index (χ4n) is 2.60. The van der Waals surface area contributed by atoms with Crippen LogP contribution in [-0.2, 0) is 0 Å². The van der Waals surface area contributed by atoms with Gasteiger partial charge in [-0.1, -0.05) is 24.3 Å². The van der Waals surface area contributed by atoms with Gasteiger partial charge in [0.05, 0.1) is 6.10 Å². The maximum absolute atomic E-state index is 12.9. The average Bonchev–Trinajstić information content (AvgIpc) is 3.03. The van der Waals surface area contributed by atoms with Crippen molar-refractivity contribution in [1.29, 1.82) is 0 Å². The molecule has 0 amide bonds. The first kappa shape index (κ1) is 14.4. The predicted octanol–water partition coefficient (Wildman–Crippen LogP) is 3.71. The first-order valence-electron chi connectivity index (χ1n) is 7.11. The molecular formula is C17H18FNOS. The van der Waals surface area contributed by atoms with Crippen LogP contribution in [0.5, 0.6) is 0 Å². The van der Waals surface area contributed by atoms with Crippen molar-refractivity contribution in [2.45, 2.75) is 12.5 Å². The van der Waals surface area contributed by atoms with Crippen LogP contribution in [0.4, 0.5) is 4.39 Å². The van der Waals surface area contributed by atoms with Crippen LogP contribution in [0.1, 0.15) is 23.0 Å². The SMILES string of the molecule is OC(CN1CC=C(c2cccs2)CC1)c1ccc(F)cc1. The van der Waals surface area contributed by atoms with E-state index in [1.54, 1.807) is 23.5 Å². The normalized spacial score (nSPS) is 17.5. The molecule has 1 aliphatic heterocycles. The minimum Gasteiger partial charge on any atom is -0.387 e. The lowest BCUT2D eigenvalue weighted by molar-refractivity contribution is 0.119. The van der Waals surface area contributed by atoms with Gasteiger partial charge < -0.3 is 5.11 Å². The highest BCUT2D eigenvalue weighted by atomic mass is 32.1. The van der Waals surface area contributed by atoms with E-state index < -0.39 is 6.10 Å². The summed E-state index contributed by atoms with van der Waals surface area (Å²) in [5, 5.41) is 12.3. The lowest BCUT2D eigenvalue weighted by atomic mass is 10.0. The highest BCUT2D eigenvalue weighted by Gasteiger charge is 2.17. The first-order chi connectivity index (χ1) is 10.2. The molecule has 1 aliphatic rings. The lowest BCUT2D eigenvalue weighted by Crippen LogP contribution is -2.32. The first-order valence-corrected chi connectivity index (χ1v) is 7.99. The molecule has 1 aromatic heterocycles. The molecule has 3 rings (SSSR count). The summed E-state index contributed by atoms with van der Waals surface area (Å²) in [6.07, 6.45) is 2.69. The minimum atomic E-state index is -0.567. The Bertz CT molecular complexity index is 606. The number of hydrogen-bond acceptors (Lipinski definition) is 3. The van der Waals surface area contributed by atoms with Gasteiger partial charge in [-0.05, 0) is 41.1 Å². The zero-order valence-corrected chi connectivity index (χ0v) is 12.5. The molecule has 0 radical (unpaired) electrons. The van der Waals surface area contributed by atoms with Crippen molar-refractivity contribution in [3.8, 4) is 0 Å². The number of halogens is 1. The Morgan fingerprint density at radius 1 is 1.24 bits per heavy atom. The summed E-state index contributed by atoms with van der Waals surface area (Å²) in [5.74, 6) is -0.271. The average molecular weight is 303 g/mol. The van der Waals surface area contributed by atoms with Crippen molar-refractivity contribution in [1.82, 2.24) is 4.90 Å². The maximum atomic E-state index is 12.9. The number of nitrogens with zero attached hydrogens (tertiary/aromatic N) is 1. The monoisotopic (exact) mass is 303 g/mol. The fourth-order valence-corrected chi connectivity index (χ4v) is 3.39. The number of aliphatic hydroxyl groups excluding tert-OH is 1. The van der Waals surface area contributed by atoms with Crippen molar-refractivity contribution >= 4 is 16.9 Å². The molecule has 0 bridgehead atoms. The van der Waals surface area contributed by atoms with E-state index in [0.717, 1.165) is 25.1 Å². The van der Waals surface area contributed by atoms with Crippen LogP contribution in [0, 0.1) is 5.82 Å². The number of β-amino-alcohol motifs (C(OH)–C–C–N with tert-alkyl or cyclic N) is 1. The molecule has 1 unspecified atom stereocenters. The third kappa shape index (κ3) is 3.59. The van der Waals surface area contributed by atoms with Crippen LogP contribution >= 0.6 is 11.3 Å². The van der Waals surface area contributed by atoms with Gasteiger partial charge in [-0.3, -0.25) is 4.90 Å². The van der Waals surface area contributed by atoms with E-state index in [1.807, 2.05) is 0 Å². The van der Waals surface area contributed by atoms with E-state index in [9.17, 15) is 9.50 Å². The molecule has 1 atom stereocenters. The van der Waals surface area contributed by atoms with Gasteiger partial charge in [0.1, 0.15) is 5.82 Å². The summed E-state index contributed by atoms with van der Waals surface area (Å²) in [5.41, 5.74) is 2.17. The summed E-state index contributed by atoms with van der Waals surface area (Å²) in [4.78, 5) is 3.57. The quantitative estimate of drug-likeness (QED) is 0.931. The Morgan fingerprint density at radius 2 is 2.05 bits per heavy atom. The van der Waals surface area contributed by atoms with Gasteiger partial charge in [-0.15, -0.1) is 11.3 Å². The summed E-state index contributed by atoms with van der Waals surface area (Å²) < 4.78 is 12.9. The maximum Gasteiger partial charge on any atom is 0.123 e. The molecule has 0 spiro atoms. The molecule has 0 saturated carbocycles. The molecular weight excluding hydrogens is 285 g/mol. The molecule has 4 heteroatoms. The molecule has 21 heavy (non-hydrogen) atoms. The lowest BCUT2D eigenvalue weighted by Gasteiger charge is -2.28. The predicted molar refractivity (Wildman–Crippen MR) is 84.7 cm³/mol. The molecule has 0 saturated heterocycles. The Labute approximate surface area is 128 Å². The molecule has 2 aromatic rings. The summed E-state index contributed by atoms with van der Waals surface area (Å²) in [6.45, 7) is 2.38. The van der Waals surface area contributed by atoms with Crippen LogP contribution in [0.25, 0.3) is 5.57 Å². The number of thiophene rings is 1. The molecule has 0 aliphatic carbocycles. The van der Waals surface area contributed by atoms with E-state index >= 15 is 0 Å². The van der Waals surface area contributed by atoms with Gasteiger partial charge in [-0.25, -0.2) is 4.39 Å². The smallest absolute Gasteiger partial charge is 0.123 e. The van der Waals surface area contributed by atoms with Crippen molar-refractivity contribution in [3.05, 3.63) is 64.1 Å². The zero-order valence-electron chi connectivity index (χ0n) is 11.7. The van der Waals surface area contributed by atoms with E-state index in [0.29, 0.717) is 6.54 Å². The summed E-state index contributed by atoms with van der Waals surface area (Å²) >= 11 is 1.77. The minimum absolute atomic E-state index is 0.271. The van der Waals surface area contributed by atoms with Crippen LogP contribution < -0.4 is 0 Å². The van der Waals surface area contributed by atoms with E-state index in [-0.39, 0.29) is 5.82 Å². The van der Waals surface area contributed by atoms with Crippen LogP contribution in [0.3, 0.4) is 0 Å². The second-order valence-corrected chi connectivity index (χ2v) is 6.23. The topological polar surface area (TPSA) is 23.5 Å². The van der Waals surface area contributed by atoms with Crippen LogP contribution in [0.2, 0.25) is 0 Å². The van der Waals surface area contributed by atoms with E-state index in [4.69, 9.17) is 0 Å². The molecule has 2 heterocycles. The molecule has 1 N–H and O–H groups in total. The van der Waals surface area contributed by atoms with Crippen molar-refractivity contribution in [2.75, 3.05) is 19.6 Å². The Morgan fingerprint density at radius 3 is 2.67 bits per heavy atom. The van der Waals surface area contributed by atoms with Gasteiger partial charge in [0.15, 0.2) is 0 Å². The fraction of sp³-hybridized carbons (Fsp3) is 0.294. The van der Waals surface area contributed by atoms with E-state index in [2.05, 4.69) is 28.5 Å². The summed E-state index contributed by atoms with van der Waals surface area (Å²) in [6, 6.07) is 10.3. The molecule has 110 valence electrons. The largest absolute Gasteiger partial charge is 0.387 e. The number of aliphatic hydroxyl groups is 1. The van der Waals surface area contributed by atoms with Crippen LogP contribution in [-0.4, -0.2) is 29.6 Å². The van der Waals surface area contributed by atoms with Gasteiger partial charge in [-0.2, -0.15) is 0 Å². The number of rotatable bonds is 4. The van der Waals surface area contributed by atoms with Gasteiger partial charge in [0.2, 0.25) is 0 Å².